The summed E-state index contributed by atoms with van der Waals surface area (Å²) in [6.45, 7) is 30.7. The maximum Gasteiger partial charge on any atom is 0.144 e. The zero-order chi connectivity index (χ0) is 19.4. The highest BCUT2D eigenvalue weighted by Gasteiger charge is 2.34. The minimum Gasteiger partial charge on any atom is -0.0802 e. The molecular weight excluding hydrogens is 286 g/mol. The molecule has 0 saturated carbocycles. The fourth-order valence-corrected chi connectivity index (χ4v) is 3.64. The van der Waals surface area contributed by atoms with Crippen LogP contribution in [0.3, 0.4) is 0 Å². The Morgan fingerprint density at radius 1 is 0.417 bits per heavy atom. The van der Waals surface area contributed by atoms with E-state index < -0.39 is 0 Å². The second-order valence-corrected chi connectivity index (χ2v) is 12.9. The highest BCUT2D eigenvalue weighted by atomic mass is 14.2. The van der Waals surface area contributed by atoms with Gasteiger partial charge in [0.15, 0.2) is 0 Å². The van der Waals surface area contributed by atoms with E-state index in [1.54, 1.807) is 0 Å². The predicted molar refractivity (Wildman–Crippen MR) is 118 cm³/mol. The van der Waals surface area contributed by atoms with Gasteiger partial charge in [-0.3, -0.25) is 0 Å². The van der Waals surface area contributed by atoms with Gasteiger partial charge in [0, 0.05) is 0 Å². The van der Waals surface area contributed by atoms with Crippen LogP contribution in [0, 0.1) is 10.8 Å². The molecule has 0 amide bonds. The molecule has 0 aromatic carbocycles. The van der Waals surface area contributed by atoms with E-state index in [-0.39, 0.29) is 0 Å². The smallest absolute Gasteiger partial charge is 0.0802 e. The van der Waals surface area contributed by atoms with Crippen molar-refractivity contribution in [2.75, 3.05) is 0 Å². The maximum atomic E-state index is 2.45. The molecule has 0 aromatic rings. The van der Waals surface area contributed by atoms with Gasteiger partial charge < -0.3 is 0 Å². The summed E-state index contributed by atoms with van der Waals surface area (Å²) >= 11 is 0. The van der Waals surface area contributed by atoms with Gasteiger partial charge in [0.1, 0.15) is 13.4 Å². The summed E-state index contributed by atoms with van der Waals surface area (Å²) in [4.78, 5) is 0. The molecule has 2 heteroatoms. The van der Waals surface area contributed by atoms with E-state index in [9.17, 15) is 0 Å². The number of hydrogen-bond acceptors (Lipinski definition) is 0. The molecule has 0 aliphatic carbocycles. The zero-order valence-electron chi connectivity index (χ0n) is 19.4. The molecule has 0 rings (SSSR count). The van der Waals surface area contributed by atoms with Gasteiger partial charge in [-0.1, -0.05) is 132 Å². The van der Waals surface area contributed by atoms with Crippen molar-refractivity contribution < 1.29 is 0 Å². The summed E-state index contributed by atoms with van der Waals surface area (Å²) in [7, 11) is 0. The lowest BCUT2D eigenvalue weighted by molar-refractivity contribution is 0.393. The third-order valence-electron chi connectivity index (χ3n) is 5.80. The van der Waals surface area contributed by atoms with Gasteiger partial charge in [-0.2, -0.15) is 0 Å². The second kappa shape index (κ2) is 8.68. The number of hydrogen-bond donors (Lipinski definition) is 0. The van der Waals surface area contributed by atoms with Crippen LogP contribution in [0.2, 0.25) is 35.9 Å². The van der Waals surface area contributed by atoms with Crippen molar-refractivity contribution in [2.45, 2.75) is 132 Å². The lowest BCUT2D eigenvalue weighted by Crippen LogP contribution is -2.32. The first-order valence-corrected chi connectivity index (χ1v) is 10.4. The van der Waals surface area contributed by atoms with Crippen LogP contribution in [0.4, 0.5) is 0 Å². The Hall–Kier alpha value is 0.130. The van der Waals surface area contributed by atoms with Crippen molar-refractivity contribution in [3.05, 3.63) is 0 Å². The molecule has 0 N–H and O–H groups in total. The summed E-state index contributed by atoms with van der Waals surface area (Å²) < 4.78 is 0. The van der Waals surface area contributed by atoms with Crippen molar-refractivity contribution in [3.8, 4) is 0 Å². The third kappa shape index (κ3) is 11.6. The molecule has 0 aliphatic heterocycles. The molecular formula is C22H48B2. The second-order valence-electron chi connectivity index (χ2n) is 12.9. The molecule has 142 valence electrons. The Morgan fingerprint density at radius 3 is 0.833 bits per heavy atom. The van der Waals surface area contributed by atoms with Gasteiger partial charge in [0.25, 0.3) is 0 Å². The summed E-state index contributed by atoms with van der Waals surface area (Å²) in [5.74, 6) is 0. The van der Waals surface area contributed by atoms with Crippen LogP contribution in [0.15, 0.2) is 0 Å². The van der Waals surface area contributed by atoms with Crippen molar-refractivity contribution in [1.82, 2.24) is 0 Å². The normalized spacial score (nSPS) is 14.0. The van der Waals surface area contributed by atoms with E-state index >= 15 is 0 Å². The van der Waals surface area contributed by atoms with Crippen LogP contribution in [0.1, 0.15) is 95.9 Å². The van der Waals surface area contributed by atoms with E-state index in [1.165, 1.54) is 38.1 Å². The molecule has 0 atom stereocenters. The fourth-order valence-electron chi connectivity index (χ4n) is 3.64. The molecule has 0 fully saturated rings. The molecule has 0 heterocycles. The van der Waals surface area contributed by atoms with E-state index in [1.807, 2.05) is 0 Å². The molecule has 0 spiro atoms. The first-order valence-electron chi connectivity index (χ1n) is 10.4. The predicted octanol–water partition coefficient (Wildman–Crippen LogP) is 8.45. The van der Waals surface area contributed by atoms with E-state index in [2.05, 4.69) is 83.1 Å². The van der Waals surface area contributed by atoms with Crippen LogP contribution in [-0.2, 0) is 0 Å². The van der Waals surface area contributed by atoms with E-state index in [4.69, 9.17) is 0 Å². The highest BCUT2D eigenvalue weighted by Crippen LogP contribution is 2.40. The molecule has 0 unspecified atom stereocenters. The highest BCUT2D eigenvalue weighted by molar-refractivity contribution is 6.67. The Kier molecular flexibility index (Phi) is 8.72. The topological polar surface area (TPSA) is 0 Å². The van der Waals surface area contributed by atoms with Gasteiger partial charge in [-0.15, -0.1) is 0 Å². The fraction of sp³-hybridized carbons (Fsp3) is 1.00. The summed E-state index contributed by atoms with van der Waals surface area (Å²) in [6.07, 6.45) is 8.23. The Morgan fingerprint density at radius 2 is 0.667 bits per heavy atom. The van der Waals surface area contributed by atoms with Gasteiger partial charge in [-0.05, 0) is 10.8 Å². The lowest BCUT2D eigenvalue weighted by Gasteiger charge is -2.34. The summed E-state index contributed by atoms with van der Waals surface area (Å²) in [5.41, 5.74) is 0.915. The molecule has 0 aliphatic rings. The standard InChI is InChI=1S/C22H48B2/c1-19(2,3)13-15-23(21(7,8)9)17-18-24(22(10,11)12)16-14-20(4,5)6/h13-18H2,1-12H3. The lowest BCUT2D eigenvalue weighted by atomic mass is 9.23. The van der Waals surface area contributed by atoms with Crippen molar-refractivity contribution in [2.24, 2.45) is 10.8 Å². The van der Waals surface area contributed by atoms with Crippen molar-refractivity contribution >= 4 is 13.4 Å². The van der Waals surface area contributed by atoms with Gasteiger partial charge in [0.05, 0.1) is 0 Å². The average molecular weight is 334 g/mol. The average Bonchev–Trinajstić information content (AvgIpc) is 2.26. The molecule has 0 radical (unpaired) electrons. The largest absolute Gasteiger partial charge is 0.144 e. The molecule has 0 nitrogen and oxygen atoms in total. The van der Waals surface area contributed by atoms with Crippen molar-refractivity contribution in [1.29, 1.82) is 0 Å². The molecule has 0 saturated heterocycles. The van der Waals surface area contributed by atoms with Crippen LogP contribution < -0.4 is 0 Å². The molecule has 24 heavy (non-hydrogen) atoms. The Bertz CT molecular complexity index is 308. The SMILES string of the molecule is CC(C)(C)CCB(CCB(CCC(C)(C)C)C(C)(C)C)C(C)(C)C. The van der Waals surface area contributed by atoms with Gasteiger partial charge in [-0.25, -0.2) is 0 Å². The Labute approximate surface area is 156 Å². The minimum atomic E-state index is 0.428. The van der Waals surface area contributed by atoms with Crippen LogP contribution in [0.25, 0.3) is 0 Å². The van der Waals surface area contributed by atoms with Crippen LogP contribution in [0.5, 0.6) is 0 Å². The van der Waals surface area contributed by atoms with Crippen LogP contribution >= 0.6 is 0 Å². The first kappa shape index (κ1) is 24.1. The van der Waals surface area contributed by atoms with Gasteiger partial charge in [0.2, 0.25) is 0 Å². The quantitative estimate of drug-likeness (QED) is 0.410. The molecule has 0 aromatic heterocycles. The van der Waals surface area contributed by atoms with E-state index in [0.29, 0.717) is 21.5 Å². The van der Waals surface area contributed by atoms with Gasteiger partial charge >= 0.3 is 0 Å². The molecule has 0 bridgehead atoms. The first-order chi connectivity index (χ1) is 10.4. The number of rotatable bonds is 7. The van der Waals surface area contributed by atoms with Crippen LogP contribution in [-0.4, -0.2) is 13.4 Å². The maximum absolute atomic E-state index is 2.45. The third-order valence-corrected chi connectivity index (χ3v) is 5.80. The Balaban J connectivity index is 4.85. The van der Waals surface area contributed by atoms with E-state index in [0.717, 1.165) is 13.4 Å². The summed E-state index contributed by atoms with van der Waals surface area (Å²) in [5, 5.41) is 0.857. The summed E-state index contributed by atoms with van der Waals surface area (Å²) in [6, 6.07) is 0. The van der Waals surface area contributed by atoms with Crippen molar-refractivity contribution in [3.63, 3.8) is 0 Å². The zero-order valence-corrected chi connectivity index (χ0v) is 19.4. The minimum absolute atomic E-state index is 0.428. The monoisotopic (exact) mass is 334 g/mol.